The van der Waals surface area contributed by atoms with Crippen LogP contribution in [0.5, 0.6) is 0 Å². The van der Waals surface area contributed by atoms with E-state index in [1.807, 2.05) is 0 Å². The third-order valence-electron chi connectivity index (χ3n) is 3.37. The Bertz CT molecular complexity index is 389. The summed E-state index contributed by atoms with van der Waals surface area (Å²) in [4.78, 5) is 8.13. The van der Waals surface area contributed by atoms with Crippen LogP contribution < -0.4 is 16.6 Å². The van der Waals surface area contributed by atoms with Crippen molar-refractivity contribution in [1.29, 1.82) is 0 Å². The van der Waals surface area contributed by atoms with Gasteiger partial charge in [-0.05, 0) is 18.3 Å². The van der Waals surface area contributed by atoms with Gasteiger partial charge in [-0.1, -0.05) is 31.4 Å². The zero-order chi connectivity index (χ0) is 12.3. The molecule has 94 valence electrons. The molecule has 1 aromatic heterocycles. The van der Waals surface area contributed by atoms with Crippen molar-refractivity contribution < 1.29 is 0 Å². The average molecular weight is 256 g/mol. The predicted octanol–water partition coefficient (Wildman–Crippen LogP) is 2.41. The van der Waals surface area contributed by atoms with Crippen molar-refractivity contribution in [2.75, 3.05) is 17.3 Å². The molecule has 1 aromatic rings. The number of anilines is 2. The number of nitrogens with one attached hydrogen (secondary N) is 2. The minimum atomic E-state index is 0.352. The Balaban J connectivity index is 2.02. The van der Waals surface area contributed by atoms with E-state index in [2.05, 4.69) is 27.6 Å². The van der Waals surface area contributed by atoms with Crippen LogP contribution in [0.1, 0.15) is 32.6 Å². The fourth-order valence-electron chi connectivity index (χ4n) is 2.26. The van der Waals surface area contributed by atoms with Crippen molar-refractivity contribution in [3.63, 3.8) is 0 Å². The number of aromatic nitrogens is 2. The number of hydrogen-bond acceptors (Lipinski definition) is 5. The number of nitrogens with two attached hydrogens (primary N) is 1. The summed E-state index contributed by atoms with van der Waals surface area (Å²) in [5.74, 6) is 6.28. The molecule has 0 amide bonds. The summed E-state index contributed by atoms with van der Waals surface area (Å²) in [7, 11) is 0. The zero-order valence-corrected chi connectivity index (χ0v) is 10.7. The maximum Gasteiger partial charge on any atom is 0.239 e. The van der Waals surface area contributed by atoms with E-state index in [4.69, 9.17) is 17.4 Å². The van der Waals surface area contributed by atoms with Crippen molar-refractivity contribution in [2.45, 2.75) is 32.6 Å². The van der Waals surface area contributed by atoms with Gasteiger partial charge in [-0.15, -0.1) is 0 Å². The number of nitrogen functional groups attached to an aromatic ring is 1. The van der Waals surface area contributed by atoms with Gasteiger partial charge in [0.05, 0.1) is 6.20 Å². The highest BCUT2D eigenvalue weighted by molar-refractivity contribution is 6.32. The first-order chi connectivity index (χ1) is 8.13. The Morgan fingerprint density at radius 3 is 2.82 bits per heavy atom. The maximum atomic E-state index is 6.03. The molecule has 1 aliphatic carbocycles. The van der Waals surface area contributed by atoms with Crippen LogP contribution >= 0.6 is 11.6 Å². The van der Waals surface area contributed by atoms with Gasteiger partial charge >= 0.3 is 0 Å². The SMILES string of the molecule is CC1(CNc2nc(NN)ncc2Cl)CCCC1. The summed E-state index contributed by atoms with van der Waals surface area (Å²) in [5.41, 5.74) is 2.76. The lowest BCUT2D eigenvalue weighted by molar-refractivity contribution is 0.361. The van der Waals surface area contributed by atoms with Gasteiger partial charge in [0.2, 0.25) is 5.95 Å². The van der Waals surface area contributed by atoms with Crippen LogP contribution in [0.4, 0.5) is 11.8 Å². The summed E-state index contributed by atoms with van der Waals surface area (Å²) in [5, 5.41) is 3.81. The summed E-state index contributed by atoms with van der Waals surface area (Å²) in [6, 6.07) is 0. The van der Waals surface area contributed by atoms with Crippen LogP contribution in [-0.4, -0.2) is 16.5 Å². The van der Waals surface area contributed by atoms with Crippen molar-refractivity contribution in [3.05, 3.63) is 11.2 Å². The van der Waals surface area contributed by atoms with E-state index in [9.17, 15) is 0 Å². The molecule has 1 heterocycles. The van der Waals surface area contributed by atoms with Crippen LogP contribution in [0.2, 0.25) is 5.02 Å². The molecule has 0 radical (unpaired) electrons. The molecule has 17 heavy (non-hydrogen) atoms. The Kier molecular flexibility index (Phi) is 3.69. The highest BCUT2D eigenvalue weighted by Crippen LogP contribution is 2.37. The molecular formula is C11H18ClN5. The molecule has 0 unspecified atom stereocenters. The minimum absolute atomic E-state index is 0.352. The van der Waals surface area contributed by atoms with Gasteiger partial charge in [-0.25, -0.2) is 10.8 Å². The molecular weight excluding hydrogens is 238 g/mol. The monoisotopic (exact) mass is 255 g/mol. The summed E-state index contributed by atoms with van der Waals surface area (Å²) < 4.78 is 0. The fourth-order valence-corrected chi connectivity index (χ4v) is 2.42. The molecule has 0 spiro atoms. The van der Waals surface area contributed by atoms with Crippen molar-refractivity contribution in [2.24, 2.45) is 11.3 Å². The van der Waals surface area contributed by atoms with Crippen LogP contribution in [0.15, 0.2) is 6.20 Å². The Morgan fingerprint density at radius 2 is 2.18 bits per heavy atom. The molecule has 4 N–H and O–H groups in total. The molecule has 1 saturated carbocycles. The lowest BCUT2D eigenvalue weighted by Crippen LogP contribution is -2.24. The fraction of sp³-hybridized carbons (Fsp3) is 0.636. The number of hydrogen-bond donors (Lipinski definition) is 3. The summed E-state index contributed by atoms with van der Waals surface area (Å²) in [6.07, 6.45) is 6.68. The lowest BCUT2D eigenvalue weighted by atomic mass is 9.89. The lowest BCUT2D eigenvalue weighted by Gasteiger charge is -2.24. The largest absolute Gasteiger partial charge is 0.368 e. The quantitative estimate of drug-likeness (QED) is 0.569. The van der Waals surface area contributed by atoms with E-state index in [0.29, 0.717) is 22.2 Å². The Labute approximate surface area is 106 Å². The summed E-state index contributed by atoms with van der Waals surface area (Å²) in [6.45, 7) is 3.18. The number of halogens is 1. The summed E-state index contributed by atoms with van der Waals surface area (Å²) >= 11 is 6.03. The predicted molar refractivity (Wildman–Crippen MR) is 69.9 cm³/mol. The second-order valence-electron chi connectivity index (χ2n) is 4.91. The Hall–Kier alpha value is -1.07. The van der Waals surface area contributed by atoms with E-state index in [1.54, 1.807) is 6.20 Å². The molecule has 0 aliphatic heterocycles. The standard InChI is InChI=1S/C11H18ClN5/c1-11(4-2-3-5-11)7-15-9-8(12)6-14-10(16-9)17-13/h6H,2-5,7,13H2,1H3,(H2,14,15,16,17). The normalized spacial score (nSPS) is 18.1. The maximum absolute atomic E-state index is 6.03. The second-order valence-corrected chi connectivity index (χ2v) is 5.31. The van der Waals surface area contributed by atoms with Crippen molar-refractivity contribution in [3.8, 4) is 0 Å². The smallest absolute Gasteiger partial charge is 0.239 e. The highest BCUT2D eigenvalue weighted by atomic mass is 35.5. The van der Waals surface area contributed by atoms with Gasteiger partial charge in [0, 0.05) is 6.54 Å². The van der Waals surface area contributed by atoms with Gasteiger partial charge in [0.15, 0.2) is 5.82 Å². The van der Waals surface area contributed by atoms with Gasteiger partial charge in [-0.3, -0.25) is 5.43 Å². The van der Waals surface area contributed by atoms with Crippen LogP contribution in [-0.2, 0) is 0 Å². The molecule has 0 atom stereocenters. The first-order valence-electron chi connectivity index (χ1n) is 5.86. The molecule has 0 aromatic carbocycles. The average Bonchev–Trinajstić information content (AvgIpc) is 2.76. The molecule has 5 nitrogen and oxygen atoms in total. The number of nitrogens with zero attached hydrogens (tertiary/aromatic N) is 2. The van der Waals surface area contributed by atoms with Crippen molar-refractivity contribution in [1.82, 2.24) is 9.97 Å². The minimum Gasteiger partial charge on any atom is -0.368 e. The first-order valence-corrected chi connectivity index (χ1v) is 6.24. The van der Waals surface area contributed by atoms with Gasteiger partial charge in [0.25, 0.3) is 0 Å². The number of rotatable bonds is 4. The molecule has 6 heteroatoms. The molecule has 1 fully saturated rings. The van der Waals surface area contributed by atoms with Gasteiger partial charge < -0.3 is 5.32 Å². The van der Waals surface area contributed by atoms with Crippen molar-refractivity contribution >= 4 is 23.4 Å². The van der Waals surface area contributed by atoms with E-state index in [1.165, 1.54) is 25.7 Å². The number of hydrazine groups is 1. The zero-order valence-electron chi connectivity index (χ0n) is 9.96. The highest BCUT2D eigenvalue weighted by Gasteiger charge is 2.28. The van der Waals surface area contributed by atoms with Crippen LogP contribution in [0, 0.1) is 5.41 Å². The van der Waals surface area contributed by atoms with Gasteiger partial charge in [-0.2, -0.15) is 4.98 Å². The molecule has 0 bridgehead atoms. The van der Waals surface area contributed by atoms with E-state index in [0.717, 1.165) is 6.54 Å². The van der Waals surface area contributed by atoms with Gasteiger partial charge in [0.1, 0.15) is 5.02 Å². The molecule has 0 saturated heterocycles. The Morgan fingerprint density at radius 1 is 1.47 bits per heavy atom. The third kappa shape index (κ3) is 2.98. The topological polar surface area (TPSA) is 75.9 Å². The van der Waals surface area contributed by atoms with E-state index < -0.39 is 0 Å². The molecule has 2 rings (SSSR count). The molecule has 1 aliphatic rings. The third-order valence-corrected chi connectivity index (χ3v) is 3.64. The first kappa shape index (κ1) is 12.4. The van der Waals surface area contributed by atoms with E-state index in [-0.39, 0.29) is 0 Å². The van der Waals surface area contributed by atoms with Crippen LogP contribution in [0.3, 0.4) is 0 Å². The van der Waals surface area contributed by atoms with E-state index >= 15 is 0 Å². The second kappa shape index (κ2) is 5.06. The van der Waals surface area contributed by atoms with Crippen LogP contribution in [0.25, 0.3) is 0 Å².